The lowest BCUT2D eigenvalue weighted by molar-refractivity contribution is -0.139. The second kappa shape index (κ2) is 3.21. The molecule has 0 amide bonds. The fraction of sp³-hybridized carbons (Fsp3) is 0.364. The number of esters is 1. The Balaban J connectivity index is 2.34. The molecule has 1 aromatic rings. The van der Waals surface area contributed by atoms with Crippen molar-refractivity contribution in [2.24, 2.45) is 0 Å². The van der Waals surface area contributed by atoms with Crippen molar-refractivity contribution in [2.75, 3.05) is 6.61 Å². The van der Waals surface area contributed by atoms with Crippen LogP contribution in [0.15, 0.2) is 24.3 Å². The molecule has 0 aliphatic carbocycles. The molecular weight excluding hydrogens is 164 g/mol. The summed E-state index contributed by atoms with van der Waals surface area (Å²) in [6, 6.07) is 7.99. The van der Waals surface area contributed by atoms with Crippen LogP contribution >= 0.6 is 0 Å². The minimum atomic E-state index is -0.0747. The Morgan fingerprint density at radius 2 is 2.15 bits per heavy atom. The predicted molar refractivity (Wildman–Crippen MR) is 49.5 cm³/mol. The Morgan fingerprint density at radius 3 is 2.77 bits per heavy atom. The van der Waals surface area contributed by atoms with E-state index in [1.807, 2.05) is 31.2 Å². The third kappa shape index (κ3) is 1.44. The zero-order valence-corrected chi connectivity index (χ0v) is 7.62. The highest BCUT2D eigenvalue weighted by Gasteiger charge is 2.28. The minimum absolute atomic E-state index is 0.0267. The minimum Gasteiger partial charge on any atom is -0.465 e. The van der Waals surface area contributed by atoms with Crippen molar-refractivity contribution in [3.63, 3.8) is 0 Å². The average molecular weight is 176 g/mol. The van der Waals surface area contributed by atoms with Gasteiger partial charge in [0.15, 0.2) is 0 Å². The van der Waals surface area contributed by atoms with E-state index in [0.717, 1.165) is 12.0 Å². The second-order valence-electron chi connectivity index (χ2n) is 3.37. The van der Waals surface area contributed by atoms with E-state index in [4.69, 9.17) is 4.74 Å². The van der Waals surface area contributed by atoms with Crippen LogP contribution in [0.25, 0.3) is 0 Å². The van der Waals surface area contributed by atoms with Gasteiger partial charge in [-0.15, -0.1) is 0 Å². The molecule has 13 heavy (non-hydrogen) atoms. The van der Waals surface area contributed by atoms with Crippen LogP contribution in [0.2, 0.25) is 0 Å². The summed E-state index contributed by atoms with van der Waals surface area (Å²) in [6.07, 6.45) is 0.823. The van der Waals surface area contributed by atoms with Gasteiger partial charge in [0.05, 0.1) is 12.5 Å². The third-order valence-electron chi connectivity index (χ3n) is 2.50. The van der Waals surface area contributed by atoms with E-state index < -0.39 is 0 Å². The molecule has 1 fully saturated rings. The molecule has 2 rings (SSSR count). The van der Waals surface area contributed by atoms with Crippen LogP contribution in [-0.2, 0) is 9.53 Å². The van der Waals surface area contributed by atoms with Gasteiger partial charge >= 0.3 is 5.97 Å². The lowest BCUT2D eigenvalue weighted by Crippen LogP contribution is -2.06. The number of carbonyl (C=O) groups excluding carboxylic acids is 1. The lowest BCUT2D eigenvalue weighted by Gasteiger charge is -2.08. The van der Waals surface area contributed by atoms with Gasteiger partial charge in [-0.3, -0.25) is 4.79 Å². The monoisotopic (exact) mass is 176 g/mol. The maximum atomic E-state index is 11.3. The summed E-state index contributed by atoms with van der Waals surface area (Å²) >= 11 is 0. The van der Waals surface area contributed by atoms with E-state index in [9.17, 15) is 4.79 Å². The molecule has 2 nitrogen and oxygen atoms in total. The van der Waals surface area contributed by atoms with E-state index >= 15 is 0 Å². The molecule has 2 heteroatoms. The first-order valence-electron chi connectivity index (χ1n) is 4.51. The molecule has 0 bridgehead atoms. The maximum absolute atomic E-state index is 11.3. The molecule has 1 saturated heterocycles. The van der Waals surface area contributed by atoms with Gasteiger partial charge in [0.1, 0.15) is 0 Å². The van der Waals surface area contributed by atoms with E-state index in [1.165, 1.54) is 5.56 Å². The Bertz CT molecular complexity index is 331. The summed E-state index contributed by atoms with van der Waals surface area (Å²) in [6.45, 7) is 2.60. The Hall–Kier alpha value is -1.31. The third-order valence-corrected chi connectivity index (χ3v) is 2.50. The van der Waals surface area contributed by atoms with Gasteiger partial charge < -0.3 is 4.74 Å². The fourth-order valence-corrected chi connectivity index (χ4v) is 1.76. The van der Waals surface area contributed by atoms with Gasteiger partial charge in [-0.25, -0.2) is 0 Å². The molecule has 1 heterocycles. The average Bonchev–Trinajstić information content (AvgIpc) is 2.52. The number of cyclic esters (lactones) is 1. The van der Waals surface area contributed by atoms with E-state index in [2.05, 4.69) is 0 Å². The largest absolute Gasteiger partial charge is 0.465 e. The summed E-state index contributed by atoms with van der Waals surface area (Å²) in [7, 11) is 0. The van der Waals surface area contributed by atoms with Crippen molar-refractivity contribution in [1.29, 1.82) is 0 Å². The van der Waals surface area contributed by atoms with Gasteiger partial charge in [0.25, 0.3) is 0 Å². The zero-order chi connectivity index (χ0) is 9.26. The molecule has 0 aromatic heterocycles. The molecule has 0 N–H and O–H groups in total. The molecule has 1 aliphatic heterocycles. The summed E-state index contributed by atoms with van der Waals surface area (Å²) < 4.78 is 4.94. The SMILES string of the molecule is Cc1ccccc1[C@@H]1CCOC1=O. The molecule has 0 unspecified atom stereocenters. The quantitative estimate of drug-likeness (QED) is 0.612. The molecular formula is C11H12O2. The maximum Gasteiger partial charge on any atom is 0.313 e. The first-order chi connectivity index (χ1) is 6.29. The van der Waals surface area contributed by atoms with Gasteiger partial charge in [-0.2, -0.15) is 0 Å². The molecule has 1 atom stereocenters. The van der Waals surface area contributed by atoms with Crippen molar-refractivity contribution in [3.05, 3.63) is 35.4 Å². The van der Waals surface area contributed by atoms with Crippen LogP contribution in [0.4, 0.5) is 0 Å². The van der Waals surface area contributed by atoms with Crippen molar-refractivity contribution < 1.29 is 9.53 Å². The molecule has 1 aromatic carbocycles. The Kier molecular flexibility index (Phi) is 2.05. The van der Waals surface area contributed by atoms with Gasteiger partial charge in [-0.1, -0.05) is 24.3 Å². The van der Waals surface area contributed by atoms with Crippen molar-refractivity contribution >= 4 is 5.97 Å². The highest BCUT2D eigenvalue weighted by atomic mass is 16.5. The first kappa shape index (κ1) is 8.30. The Morgan fingerprint density at radius 1 is 1.38 bits per heavy atom. The zero-order valence-electron chi connectivity index (χ0n) is 7.62. The van der Waals surface area contributed by atoms with Crippen LogP contribution in [0.3, 0.4) is 0 Å². The smallest absolute Gasteiger partial charge is 0.313 e. The van der Waals surface area contributed by atoms with E-state index in [0.29, 0.717) is 6.61 Å². The van der Waals surface area contributed by atoms with Gasteiger partial charge in [0, 0.05) is 0 Å². The molecule has 0 spiro atoms. The normalized spacial score (nSPS) is 21.6. The lowest BCUT2D eigenvalue weighted by atomic mass is 9.94. The van der Waals surface area contributed by atoms with Crippen LogP contribution in [0.5, 0.6) is 0 Å². The first-order valence-corrected chi connectivity index (χ1v) is 4.51. The van der Waals surface area contributed by atoms with Crippen LogP contribution in [-0.4, -0.2) is 12.6 Å². The molecule has 1 aliphatic rings. The molecule has 0 saturated carbocycles. The number of ether oxygens (including phenoxy) is 1. The fourth-order valence-electron chi connectivity index (χ4n) is 1.76. The number of rotatable bonds is 1. The Labute approximate surface area is 77.5 Å². The number of aryl methyl sites for hydroxylation is 1. The summed E-state index contributed by atoms with van der Waals surface area (Å²) in [5.41, 5.74) is 2.29. The van der Waals surface area contributed by atoms with E-state index in [1.54, 1.807) is 0 Å². The highest BCUT2D eigenvalue weighted by molar-refractivity contribution is 5.80. The number of benzene rings is 1. The standard InChI is InChI=1S/C11H12O2/c1-8-4-2-3-5-9(8)10-6-7-13-11(10)12/h2-5,10H,6-7H2,1H3/t10-/m0/s1. The number of hydrogen-bond acceptors (Lipinski definition) is 2. The number of hydrogen-bond donors (Lipinski definition) is 0. The van der Waals surface area contributed by atoms with Gasteiger partial charge in [0.2, 0.25) is 0 Å². The number of carbonyl (C=O) groups is 1. The summed E-state index contributed by atoms with van der Waals surface area (Å²) in [5, 5.41) is 0. The van der Waals surface area contributed by atoms with Crippen molar-refractivity contribution in [2.45, 2.75) is 19.3 Å². The summed E-state index contributed by atoms with van der Waals surface area (Å²) in [5.74, 6) is -0.101. The topological polar surface area (TPSA) is 26.3 Å². The molecule has 68 valence electrons. The highest BCUT2D eigenvalue weighted by Crippen LogP contribution is 2.28. The van der Waals surface area contributed by atoms with E-state index in [-0.39, 0.29) is 11.9 Å². The second-order valence-corrected chi connectivity index (χ2v) is 3.37. The van der Waals surface area contributed by atoms with Crippen LogP contribution in [0, 0.1) is 6.92 Å². The van der Waals surface area contributed by atoms with Crippen LogP contribution in [0.1, 0.15) is 23.5 Å². The predicted octanol–water partition coefficient (Wildman–Crippen LogP) is 2.03. The van der Waals surface area contributed by atoms with Crippen molar-refractivity contribution in [1.82, 2.24) is 0 Å². The van der Waals surface area contributed by atoms with Crippen LogP contribution < -0.4 is 0 Å². The van der Waals surface area contributed by atoms with Crippen molar-refractivity contribution in [3.8, 4) is 0 Å². The molecule has 0 radical (unpaired) electrons. The van der Waals surface area contributed by atoms with Gasteiger partial charge in [-0.05, 0) is 24.5 Å². The summed E-state index contributed by atoms with van der Waals surface area (Å²) in [4.78, 5) is 11.3.